The summed E-state index contributed by atoms with van der Waals surface area (Å²) in [6.45, 7) is -0.501. The Labute approximate surface area is 445 Å². The van der Waals surface area contributed by atoms with Gasteiger partial charge in [0, 0.05) is 22.3 Å². The molecule has 70 heavy (non-hydrogen) atoms. The van der Waals surface area contributed by atoms with Crippen LogP contribution in [-0.2, 0) is 19.5 Å². The Kier molecular flexibility index (Phi) is 18.8. The summed E-state index contributed by atoms with van der Waals surface area (Å²) in [5, 5.41) is 89.4. The van der Waals surface area contributed by atoms with Gasteiger partial charge in [-0.15, -0.1) is 10.2 Å². The molecule has 2 N–H and O–H groups in total. The molecular formula is C34H20N14Na2O16S4. The SMILES string of the molecule is O=C(Nc1cccc(NCOc2cc(Sc3nnnn3-c3ccc(SOO[O-])cc3)c([N+](=O)[O-])cc2[N+](=O)[O-])c1)c1cc(Sc2nnnn2-c2ccc(S(=O)(=O)[O-])cc2)c([N+](=O)[O-])cc1[N+](=O)[O-].[Na+].[Na+]. The molecule has 2 heterocycles. The number of amides is 1. The zero-order valence-electron chi connectivity index (χ0n) is 35.0. The van der Waals surface area contributed by atoms with Gasteiger partial charge in [-0.2, -0.15) is 13.7 Å². The summed E-state index contributed by atoms with van der Waals surface area (Å²) in [5.74, 6) is -1.51. The summed E-state index contributed by atoms with van der Waals surface area (Å²) in [4.78, 5) is 57.7. The number of tetrazole rings is 2. The van der Waals surface area contributed by atoms with E-state index in [1.54, 1.807) is 0 Å². The Morgan fingerprint density at radius 3 is 1.71 bits per heavy atom. The van der Waals surface area contributed by atoms with E-state index >= 15 is 0 Å². The van der Waals surface area contributed by atoms with Crippen LogP contribution < -0.4 is 79.7 Å². The van der Waals surface area contributed by atoms with Crippen LogP contribution in [0.2, 0.25) is 0 Å². The van der Waals surface area contributed by atoms with Crippen molar-refractivity contribution in [3.05, 3.63) is 143 Å². The summed E-state index contributed by atoms with van der Waals surface area (Å²) >= 11 is 1.85. The number of anilines is 2. The molecule has 348 valence electrons. The second-order valence-electron chi connectivity index (χ2n) is 12.8. The number of nitrogens with zero attached hydrogens (tertiary/aromatic N) is 12. The Balaban J connectivity index is 0.00000456. The molecule has 0 bridgehead atoms. The predicted molar refractivity (Wildman–Crippen MR) is 226 cm³/mol. The quantitative estimate of drug-likeness (QED) is 0.0165. The summed E-state index contributed by atoms with van der Waals surface area (Å²) in [5.41, 5.74) is -3.06. The topological polar surface area (TPSA) is 409 Å². The molecule has 0 saturated carbocycles. The van der Waals surface area contributed by atoms with Crippen molar-refractivity contribution in [2.24, 2.45) is 0 Å². The fourth-order valence-electron chi connectivity index (χ4n) is 5.69. The second kappa shape index (κ2) is 24.0. The van der Waals surface area contributed by atoms with E-state index in [0.29, 0.717) is 58.3 Å². The van der Waals surface area contributed by atoms with Crippen molar-refractivity contribution in [3.63, 3.8) is 0 Å². The number of carbonyl (C=O) groups is 1. The van der Waals surface area contributed by atoms with Gasteiger partial charge in [-0.3, -0.25) is 50.3 Å². The molecule has 2 aromatic heterocycles. The van der Waals surface area contributed by atoms with Gasteiger partial charge in [0.05, 0.1) is 69.9 Å². The molecule has 30 nitrogen and oxygen atoms in total. The molecule has 0 spiro atoms. The number of carbonyl (C=O) groups excluding carboxylic acids is 1. The van der Waals surface area contributed by atoms with Crippen LogP contribution in [0.5, 0.6) is 5.75 Å². The van der Waals surface area contributed by atoms with E-state index in [1.807, 2.05) is 0 Å². The summed E-state index contributed by atoms with van der Waals surface area (Å²) in [6.07, 6.45) is 0. The molecule has 5 aromatic carbocycles. The predicted octanol–water partition coefficient (Wildman–Crippen LogP) is -1.58. The van der Waals surface area contributed by atoms with Crippen LogP contribution >= 0.6 is 35.6 Å². The molecule has 7 rings (SSSR count). The molecule has 7 aromatic rings. The molecule has 1 amide bonds. The molecular weight excluding hydrogens is 1030 g/mol. The molecule has 0 fully saturated rings. The Hall–Kier alpha value is -6.25. The van der Waals surface area contributed by atoms with E-state index in [0.717, 1.165) is 28.9 Å². The minimum absolute atomic E-state index is 0. The first-order chi connectivity index (χ1) is 32.5. The van der Waals surface area contributed by atoms with E-state index in [1.165, 1.54) is 65.3 Å². The second-order valence-corrected chi connectivity index (χ2v) is 16.9. The average molecular weight is 1050 g/mol. The van der Waals surface area contributed by atoms with Crippen molar-refractivity contribution in [2.45, 2.75) is 29.9 Å². The number of nitrogens with one attached hydrogen (secondary N) is 2. The van der Waals surface area contributed by atoms with Crippen molar-refractivity contribution in [2.75, 3.05) is 17.4 Å². The number of rotatable bonds is 20. The molecule has 36 heteroatoms. The van der Waals surface area contributed by atoms with Crippen LogP contribution in [0.3, 0.4) is 0 Å². The van der Waals surface area contributed by atoms with Crippen LogP contribution in [0.25, 0.3) is 11.4 Å². The molecule has 0 aliphatic rings. The van der Waals surface area contributed by atoms with Gasteiger partial charge in [0.1, 0.15) is 15.7 Å². The first kappa shape index (κ1) is 54.7. The maximum atomic E-state index is 13.7. The molecule has 0 saturated heterocycles. The van der Waals surface area contributed by atoms with Crippen LogP contribution in [0.1, 0.15) is 10.4 Å². The standard InChI is InChI=1S/C34H22N14O16S4.2Na/c49-32(24-13-30(27(47(54)55)14-25(24)45(50)51)65-33-37-39-42-44(33)21-6-10-23(11-7-21)68(59,60)61)36-19-3-1-2-18(12-19)35-17-62-29-16-31(28(48(56)57)15-26(29)46(52)53)66-34-38-40-41-43(34)20-4-8-22(9-5-20)67-64-63-58;;/h1-16,35,58H,17H2,(H,36,49)(H,59,60,61);;/q;2*+1/p-2. The molecule has 0 unspecified atom stereocenters. The number of hydrogen-bond acceptors (Lipinski definition) is 26. The van der Waals surface area contributed by atoms with Gasteiger partial charge in [0.25, 0.3) is 23.0 Å². The average Bonchev–Trinajstić information content (AvgIpc) is 3.97. The van der Waals surface area contributed by atoms with Gasteiger partial charge in [0.15, 0.2) is 6.73 Å². The fraction of sp³-hybridized carbons (Fsp3) is 0.0294. The molecule has 0 aliphatic carbocycles. The number of nitro groups is 4. The van der Waals surface area contributed by atoms with Gasteiger partial charge in [-0.05, 0) is 117 Å². The van der Waals surface area contributed by atoms with E-state index in [2.05, 4.69) is 51.1 Å². The maximum absolute atomic E-state index is 13.7. The zero-order valence-corrected chi connectivity index (χ0v) is 42.2. The summed E-state index contributed by atoms with van der Waals surface area (Å²) < 4.78 is 46.3. The van der Waals surface area contributed by atoms with Crippen molar-refractivity contribution in [3.8, 4) is 17.1 Å². The third-order valence-electron chi connectivity index (χ3n) is 8.67. The minimum Gasteiger partial charge on any atom is -0.744 e. The van der Waals surface area contributed by atoms with E-state index in [-0.39, 0.29) is 96.3 Å². The van der Waals surface area contributed by atoms with Crippen molar-refractivity contribution < 1.29 is 116 Å². The van der Waals surface area contributed by atoms with Gasteiger partial charge in [0.2, 0.25) is 16.1 Å². The Morgan fingerprint density at radius 1 is 0.671 bits per heavy atom. The smallest absolute Gasteiger partial charge is 0.744 e. The number of hydrogen-bond donors (Lipinski definition) is 2. The number of nitro benzene ring substituents is 4. The summed E-state index contributed by atoms with van der Waals surface area (Å²) in [7, 11) is -4.80. The van der Waals surface area contributed by atoms with Crippen LogP contribution in [0, 0.1) is 40.5 Å². The normalized spacial score (nSPS) is 10.9. The first-order valence-corrected chi connectivity index (χ1v) is 21.7. The van der Waals surface area contributed by atoms with Crippen LogP contribution in [0.15, 0.2) is 127 Å². The molecule has 0 atom stereocenters. The van der Waals surface area contributed by atoms with Crippen molar-refractivity contribution >= 4 is 85.7 Å². The van der Waals surface area contributed by atoms with Crippen LogP contribution in [0.4, 0.5) is 34.1 Å². The van der Waals surface area contributed by atoms with E-state index in [9.17, 15) is 63.5 Å². The van der Waals surface area contributed by atoms with Crippen molar-refractivity contribution in [1.82, 2.24) is 40.4 Å². The van der Waals surface area contributed by atoms with Gasteiger partial charge in [-0.25, -0.2) is 8.42 Å². The number of benzene rings is 5. The number of aromatic nitrogens is 8. The van der Waals surface area contributed by atoms with Crippen molar-refractivity contribution in [1.29, 1.82) is 0 Å². The third-order valence-corrected chi connectivity index (χ3v) is 12.1. The summed E-state index contributed by atoms with van der Waals surface area (Å²) in [6, 6.07) is 19.3. The Morgan fingerprint density at radius 2 is 1.19 bits per heavy atom. The van der Waals surface area contributed by atoms with Gasteiger partial charge in [-0.1, -0.05) is 6.07 Å². The monoisotopic (exact) mass is 1050 g/mol. The maximum Gasteiger partial charge on any atom is 1.00 e. The van der Waals surface area contributed by atoms with E-state index in [4.69, 9.17) is 4.74 Å². The van der Waals surface area contributed by atoms with E-state index < -0.39 is 81.4 Å². The fourth-order valence-corrected chi connectivity index (χ4v) is 8.34. The largest absolute Gasteiger partial charge is 1.00 e. The van der Waals surface area contributed by atoms with Crippen LogP contribution in [-0.4, -0.2) is 85.7 Å². The molecule has 0 aliphatic heterocycles. The zero-order chi connectivity index (χ0) is 48.7. The minimum atomic E-state index is -4.80. The number of ether oxygens (including phenoxy) is 1. The molecule has 0 radical (unpaired) electrons. The van der Waals surface area contributed by atoms with Gasteiger partial charge < -0.3 is 25.2 Å². The Bertz CT molecular complexity index is 3230. The third kappa shape index (κ3) is 13.1. The van der Waals surface area contributed by atoms with Gasteiger partial charge >= 0.3 is 64.8 Å². The first-order valence-electron chi connectivity index (χ1n) is 17.9.